The van der Waals surface area contributed by atoms with E-state index < -0.39 is 17.6 Å². The van der Waals surface area contributed by atoms with E-state index >= 15 is 0 Å². The van der Waals surface area contributed by atoms with Crippen molar-refractivity contribution in [1.82, 2.24) is 14.8 Å². The lowest BCUT2D eigenvalue weighted by atomic mass is 10.1. The Morgan fingerprint density at radius 3 is 2.80 bits per heavy atom. The molecule has 11 heteroatoms. The van der Waals surface area contributed by atoms with Crippen molar-refractivity contribution in [3.8, 4) is 5.69 Å². The van der Waals surface area contributed by atoms with Crippen LogP contribution in [0.1, 0.15) is 24.1 Å². The van der Waals surface area contributed by atoms with E-state index in [1.807, 2.05) is 0 Å². The van der Waals surface area contributed by atoms with Gasteiger partial charge in [0.05, 0.1) is 29.1 Å². The molecule has 0 saturated carbocycles. The molecule has 0 unspecified atom stereocenters. The number of carbonyl (C=O) groups is 2. The van der Waals surface area contributed by atoms with E-state index in [0.29, 0.717) is 29.5 Å². The van der Waals surface area contributed by atoms with Crippen LogP contribution in [-0.4, -0.2) is 33.1 Å². The number of halogens is 3. The van der Waals surface area contributed by atoms with Crippen LogP contribution in [-0.2, 0) is 22.2 Å². The number of carbonyl (C=O) groups excluding carboxylic acids is 2. The van der Waals surface area contributed by atoms with Gasteiger partial charge < -0.3 is 5.32 Å². The average molecular weight is 435 g/mol. The first kappa shape index (κ1) is 20.1. The van der Waals surface area contributed by atoms with E-state index in [-0.39, 0.29) is 18.0 Å². The molecule has 1 saturated heterocycles. The Balaban J connectivity index is 1.54. The maximum Gasteiger partial charge on any atom is 0.416 e. The lowest BCUT2D eigenvalue weighted by Gasteiger charge is -2.14. The number of alkyl halides is 3. The number of aromatic nitrogens is 3. The SMILES string of the molecule is O=C(Cc1csc(N2CCCC2=O)n1)Nc1cc(C(F)(F)F)ccc1-n1cccn1. The van der Waals surface area contributed by atoms with Crippen LogP contribution in [0, 0.1) is 0 Å². The summed E-state index contributed by atoms with van der Waals surface area (Å²) in [6, 6.07) is 4.70. The molecule has 0 bridgehead atoms. The number of thiazole rings is 1. The first-order valence-corrected chi connectivity index (χ1v) is 9.95. The summed E-state index contributed by atoms with van der Waals surface area (Å²) in [5.74, 6) is -0.527. The first-order chi connectivity index (χ1) is 14.3. The van der Waals surface area contributed by atoms with Crippen LogP contribution in [0.5, 0.6) is 0 Å². The van der Waals surface area contributed by atoms with Gasteiger partial charge in [-0.3, -0.25) is 14.5 Å². The predicted molar refractivity (Wildman–Crippen MR) is 105 cm³/mol. The molecule has 0 aliphatic carbocycles. The van der Waals surface area contributed by atoms with Crippen LogP contribution in [0.2, 0.25) is 0 Å². The van der Waals surface area contributed by atoms with E-state index in [1.54, 1.807) is 22.5 Å². The van der Waals surface area contributed by atoms with Crippen LogP contribution in [0.15, 0.2) is 42.0 Å². The molecule has 1 aliphatic heterocycles. The minimum Gasteiger partial charge on any atom is -0.324 e. The molecule has 1 aromatic carbocycles. The van der Waals surface area contributed by atoms with Crippen molar-refractivity contribution in [1.29, 1.82) is 0 Å². The monoisotopic (exact) mass is 435 g/mol. The molecule has 0 spiro atoms. The van der Waals surface area contributed by atoms with Crippen molar-refractivity contribution in [2.24, 2.45) is 0 Å². The summed E-state index contributed by atoms with van der Waals surface area (Å²) in [4.78, 5) is 30.2. The molecule has 7 nitrogen and oxygen atoms in total. The summed E-state index contributed by atoms with van der Waals surface area (Å²) in [5.41, 5.74) is -0.135. The second-order valence-electron chi connectivity index (χ2n) is 6.68. The van der Waals surface area contributed by atoms with Crippen molar-refractivity contribution >= 4 is 34.0 Å². The Labute approximate surface area is 173 Å². The largest absolute Gasteiger partial charge is 0.416 e. The number of anilines is 2. The maximum atomic E-state index is 13.1. The zero-order chi connectivity index (χ0) is 21.3. The Morgan fingerprint density at radius 2 is 2.13 bits per heavy atom. The van der Waals surface area contributed by atoms with Gasteiger partial charge in [-0.15, -0.1) is 11.3 Å². The molecule has 30 heavy (non-hydrogen) atoms. The minimum absolute atomic E-state index is 0.00631. The number of hydrogen-bond donors (Lipinski definition) is 1. The highest BCUT2D eigenvalue weighted by Crippen LogP contribution is 2.33. The number of amides is 2. The number of benzene rings is 1. The maximum absolute atomic E-state index is 13.1. The summed E-state index contributed by atoms with van der Waals surface area (Å²) < 4.78 is 40.8. The van der Waals surface area contributed by atoms with E-state index in [1.165, 1.54) is 28.3 Å². The van der Waals surface area contributed by atoms with E-state index in [9.17, 15) is 22.8 Å². The van der Waals surface area contributed by atoms with Crippen LogP contribution in [0.4, 0.5) is 24.0 Å². The zero-order valence-corrected chi connectivity index (χ0v) is 16.3. The zero-order valence-electron chi connectivity index (χ0n) is 15.5. The fourth-order valence-corrected chi connectivity index (χ4v) is 4.00. The molecule has 3 aromatic rings. The Bertz CT molecular complexity index is 1080. The second kappa shape index (κ2) is 7.90. The van der Waals surface area contributed by atoms with Crippen molar-refractivity contribution in [3.63, 3.8) is 0 Å². The Hall–Kier alpha value is -3.21. The third-order valence-electron chi connectivity index (χ3n) is 4.53. The topological polar surface area (TPSA) is 80.1 Å². The van der Waals surface area contributed by atoms with Gasteiger partial charge in [-0.2, -0.15) is 18.3 Å². The third kappa shape index (κ3) is 4.20. The average Bonchev–Trinajstić information content (AvgIpc) is 3.42. The first-order valence-electron chi connectivity index (χ1n) is 9.07. The molecule has 0 radical (unpaired) electrons. The summed E-state index contributed by atoms with van der Waals surface area (Å²) in [6.45, 7) is 0.593. The predicted octanol–water partition coefficient (Wildman–Crippen LogP) is 3.66. The van der Waals surface area contributed by atoms with Crippen LogP contribution >= 0.6 is 11.3 Å². The third-order valence-corrected chi connectivity index (χ3v) is 5.45. The van der Waals surface area contributed by atoms with Gasteiger partial charge in [0.15, 0.2) is 5.13 Å². The van der Waals surface area contributed by atoms with Gasteiger partial charge >= 0.3 is 6.18 Å². The molecule has 156 valence electrons. The summed E-state index contributed by atoms with van der Waals surface area (Å²) in [7, 11) is 0. The number of nitrogens with zero attached hydrogens (tertiary/aromatic N) is 4. The molecule has 3 heterocycles. The van der Waals surface area contributed by atoms with E-state index in [2.05, 4.69) is 15.4 Å². The molecule has 2 amide bonds. The van der Waals surface area contributed by atoms with Gasteiger partial charge in [0, 0.05) is 30.7 Å². The molecule has 1 fully saturated rings. The van der Waals surface area contributed by atoms with Gasteiger partial charge in [0.1, 0.15) is 0 Å². The fraction of sp³-hybridized carbons (Fsp3) is 0.263. The molecular weight excluding hydrogens is 419 g/mol. The molecule has 1 aliphatic rings. The lowest BCUT2D eigenvalue weighted by Crippen LogP contribution is -2.23. The summed E-state index contributed by atoms with van der Waals surface area (Å²) >= 11 is 1.26. The highest BCUT2D eigenvalue weighted by Gasteiger charge is 2.31. The van der Waals surface area contributed by atoms with Crippen molar-refractivity contribution in [2.75, 3.05) is 16.8 Å². The summed E-state index contributed by atoms with van der Waals surface area (Å²) in [6.07, 6.45) is -0.388. The van der Waals surface area contributed by atoms with Crippen molar-refractivity contribution in [2.45, 2.75) is 25.4 Å². The second-order valence-corrected chi connectivity index (χ2v) is 7.51. The van der Waals surface area contributed by atoms with Crippen molar-refractivity contribution in [3.05, 3.63) is 53.3 Å². The number of hydrogen-bond acceptors (Lipinski definition) is 5. The highest BCUT2D eigenvalue weighted by molar-refractivity contribution is 7.14. The van der Waals surface area contributed by atoms with Crippen molar-refractivity contribution < 1.29 is 22.8 Å². The lowest BCUT2D eigenvalue weighted by molar-refractivity contribution is -0.137. The minimum atomic E-state index is -4.55. The number of nitrogens with one attached hydrogen (secondary N) is 1. The number of rotatable bonds is 5. The highest BCUT2D eigenvalue weighted by atomic mass is 32.1. The molecule has 4 rings (SSSR count). The Kier molecular flexibility index (Phi) is 5.29. The van der Waals surface area contributed by atoms with E-state index in [4.69, 9.17) is 0 Å². The quantitative estimate of drug-likeness (QED) is 0.664. The van der Waals surface area contributed by atoms with Crippen LogP contribution in [0.3, 0.4) is 0 Å². The van der Waals surface area contributed by atoms with Crippen LogP contribution < -0.4 is 10.2 Å². The fourth-order valence-electron chi connectivity index (χ4n) is 3.13. The van der Waals surface area contributed by atoms with E-state index in [0.717, 1.165) is 18.6 Å². The van der Waals surface area contributed by atoms with Crippen LogP contribution in [0.25, 0.3) is 5.69 Å². The molecule has 0 atom stereocenters. The van der Waals surface area contributed by atoms with Gasteiger partial charge in [0.2, 0.25) is 11.8 Å². The van der Waals surface area contributed by atoms with Gasteiger partial charge in [-0.1, -0.05) is 0 Å². The smallest absolute Gasteiger partial charge is 0.324 e. The molecule has 1 N–H and O–H groups in total. The van der Waals surface area contributed by atoms with Gasteiger partial charge in [-0.25, -0.2) is 9.67 Å². The van der Waals surface area contributed by atoms with Gasteiger partial charge in [-0.05, 0) is 30.7 Å². The standard InChI is InChI=1S/C19H16F3N5O2S/c20-19(21,22)12-4-5-15(27-8-2-6-23-27)14(9-12)25-16(28)10-13-11-30-18(24-13)26-7-1-3-17(26)29/h2,4-6,8-9,11H,1,3,7,10H2,(H,25,28). The molecule has 2 aromatic heterocycles. The molecular formula is C19H16F3N5O2S. The Morgan fingerprint density at radius 1 is 1.30 bits per heavy atom. The summed E-state index contributed by atoms with van der Waals surface area (Å²) in [5, 5.41) is 8.74. The normalized spacial score (nSPS) is 14.4. The van der Waals surface area contributed by atoms with Gasteiger partial charge in [0.25, 0.3) is 0 Å².